The highest BCUT2D eigenvalue weighted by Gasteiger charge is 2.51. The van der Waals surface area contributed by atoms with Crippen LogP contribution in [0.1, 0.15) is 44.9 Å². The summed E-state index contributed by atoms with van der Waals surface area (Å²) in [6.07, 6.45) is 9.54. The predicted octanol–water partition coefficient (Wildman–Crippen LogP) is 1.45. The minimum atomic E-state index is -0.221. The van der Waals surface area contributed by atoms with E-state index < -0.39 is 0 Å². The zero-order valence-electron chi connectivity index (χ0n) is 11.7. The summed E-state index contributed by atoms with van der Waals surface area (Å²) in [6.45, 7) is 0. The predicted molar refractivity (Wildman–Crippen MR) is 72.3 cm³/mol. The normalized spacial score (nSPS) is 41.0. The van der Waals surface area contributed by atoms with E-state index in [1.54, 1.807) is 0 Å². The average molecular weight is 264 g/mol. The number of likely N-dealkylation sites (N-methyl/N-ethyl adjacent to an activating group) is 1. The number of carbonyl (C=O) groups excluding carboxylic acids is 2. The number of amides is 2. The molecule has 4 aliphatic rings. The summed E-state index contributed by atoms with van der Waals surface area (Å²) in [5.41, 5.74) is 0.364. The van der Waals surface area contributed by atoms with E-state index in [-0.39, 0.29) is 11.9 Å². The Labute approximate surface area is 114 Å². The van der Waals surface area contributed by atoms with Crippen LogP contribution in [0, 0.1) is 23.2 Å². The van der Waals surface area contributed by atoms with E-state index in [1.165, 1.54) is 38.5 Å². The van der Waals surface area contributed by atoms with Crippen LogP contribution in [0.3, 0.4) is 0 Å². The van der Waals surface area contributed by atoms with Gasteiger partial charge in [0.15, 0.2) is 0 Å². The molecule has 4 heteroatoms. The summed E-state index contributed by atoms with van der Waals surface area (Å²) in [7, 11) is 1.82. The summed E-state index contributed by atoms with van der Waals surface area (Å²) in [4.78, 5) is 22.3. The van der Waals surface area contributed by atoms with Crippen LogP contribution in [0.15, 0.2) is 0 Å². The van der Waals surface area contributed by atoms with Crippen LogP contribution in [0.5, 0.6) is 0 Å². The molecule has 19 heavy (non-hydrogen) atoms. The molecule has 0 saturated heterocycles. The van der Waals surface area contributed by atoms with Gasteiger partial charge in [0.25, 0.3) is 0 Å². The van der Waals surface area contributed by atoms with Crippen molar-refractivity contribution < 1.29 is 9.59 Å². The van der Waals surface area contributed by atoms with Gasteiger partial charge in [-0.05, 0) is 75.2 Å². The van der Waals surface area contributed by atoms with Crippen molar-refractivity contribution in [3.63, 3.8) is 0 Å². The molecule has 0 spiro atoms. The zero-order chi connectivity index (χ0) is 13.5. The Morgan fingerprint density at radius 1 is 1.21 bits per heavy atom. The molecule has 4 fully saturated rings. The van der Waals surface area contributed by atoms with Gasteiger partial charge in [-0.3, -0.25) is 14.9 Å². The molecule has 2 N–H and O–H groups in total. The lowest BCUT2D eigenvalue weighted by Gasteiger charge is -2.57. The van der Waals surface area contributed by atoms with Crippen LogP contribution < -0.4 is 10.6 Å². The molecule has 0 aliphatic heterocycles. The molecule has 0 aromatic rings. The molecule has 2 amide bonds. The maximum absolute atomic E-state index is 11.9. The van der Waals surface area contributed by atoms with Gasteiger partial charge < -0.3 is 5.32 Å². The molecular formula is C15H24N2O2. The summed E-state index contributed by atoms with van der Waals surface area (Å²) < 4.78 is 0. The van der Waals surface area contributed by atoms with Gasteiger partial charge in [0.2, 0.25) is 12.3 Å². The average Bonchev–Trinajstić information content (AvgIpc) is 2.34. The lowest BCUT2D eigenvalue weighted by atomic mass is 9.48. The number of imide groups is 1. The van der Waals surface area contributed by atoms with E-state index in [4.69, 9.17) is 0 Å². The number of hydrogen-bond donors (Lipinski definition) is 2. The molecule has 0 aromatic carbocycles. The first-order valence-corrected chi connectivity index (χ1v) is 7.55. The molecule has 1 atom stereocenters. The van der Waals surface area contributed by atoms with E-state index in [0.29, 0.717) is 11.8 Å². The SMILES string of the molecule is CNC(CC12CC3CC(CC(C3)C1)C2)C(=O)NC=O. The van der Waals surface area contributed by atoms with Crippen molar-refractivity contribution in [1.82, 2.24) is 10.6 Å². The van der Waals surface area contributed by atoms with Crippen LogP contribution in [-0.4, -0.2) is 25.4 Å². The van der Waals surface area contributed by atoms with Gasteiger partial charge in [0.1, 0.15) is 0 Å². The van der Waals surface area contributed by atoms with E-state index in [9.17, 15) is 9.59 Å². The van der Waals surface area contributed by atoms with Crippen molar-refractivity contribution >= 4 is 12.3 Å². The summed E-state index contributed by atoms with van der Waals surface area (Å²) in [5.74, 6) is 2.53. The minimum Gasteiger partial charge on any atom is -0.309 e. The van der Waals surface area contributed by atoms with Crippen LogP contribution in [0.25, 0.3) is 0 Å². The van der Waals surface area contributed by atoms with Gasteiger partial charge in [0, 0.05) is 0 Å². The van der Waals surface area contributed by atoms with Crippen molar-refractivity contribution in [1.29, 1.82) is 0 Å². The highest BCUT2D eigenvalue weighted by atomic mass is 16.2. The molecule has 4 nitrogen and oxygen atoms in total. The Hall–Kier alpha value is -0.900. The Morgan fingerprint density at radius 3 is 2.16 bits per heavy atom. The van der Waals surface area contributed by atoms with Gasteiger partial charge in [-0.15, -0.1) is 0 Å². The first-order valence-electron chi connectivity index (χ1n) is 7.55. The molecule has 1 unspecified atom stereocenters. The molecule has 0 heterocycles. The Bertz CT molecular complexity index is 345. The Balaban J connectivity index is 1.71. The highest BCUT2D eigenvalue weighted by molar-refractivity contribution is 5.89. The topological polar surface area (TPSA) is 58.2 Å². The van der Waals surface area contributed by atoms with Gasteiger partial charge >= 0.3 is 0 Å². The molecule has 4 bridgehead atoms. The van der Waals surface area contributed by atoms with Crippen LogP contribution >= 0.6 is 0 Å². The highest BCUT2D eigenvalue weighted by Crippen LogP contribution is 2.61. The number of rotatable bonds is 5. The molecule has 4 saturated carbocycles. The van der Waals surface area contributed by atoms with Gasteiger partial charge in [0.05, 0.1) is 6.04 Å². The minimum absolute atomic E-state index is 0.173. The van der Waals surface area contributed by atoms with Crippen molar-refractivity contribution in [3.8, 4) is 0 Å². The molecule has 4 aliphatic carbocycles. The van der Waals surface area contributed by atoms with Crippen LogP contribution in [-0.2, 0) is 9.59 Å². The fourth-order valence-corrected chi connectivity index (χ4v) is 5.46. The third kappa shape index (κ3) is 2.42. The third-order valence-corrected chi connectivity index (χ3v) is 5.67. The number of hydrogen-bond acceptors (Lipinski definition) is 3. The van der Waals surface area contributed by atoms with Crippen molar-refractivity contribution in [2.75, 3.05) is 7.05 Å². The summed E-state index contributed by atoms with van der Waals surface area (Å²) in [5, 5.41) is 5.39. The lowest BCUT2D eigenvalue weighted by molar-refractivity contribution is -0.129. The monoisotopic (exact) mass is 264 g/mol. The maximum atomic E-state index is 11.9. The van der Waals surface area contributed by atoms with E-state index in [0.717, 1.165) is 24.2 Å². The Morgan fingerprint density at radius 2 is 1.74 bits per heavy atom. The van der Waals surface area contributed by atoms with Gasteiger partial charge in [-0.1, -0.05) is 0 Å². The smallest absolute Gasteiger partial charge is 0.243 e. The second-order valence-corrected chi connectivity index (χ2v) is 7.09. The third-order valence-electron chi connectivity index (χ3n) is 5.67. The van der Waals surface area contributed by atoms with E-state index >= 15 is 0 Å². The van der Waals surface area contributed by atoms with Gasteiger partial charge in [-0.25, -0.2) is 0 Å². The van der Waals surface area contributed by atoms with Crippen LogP contribution in [0.2, 0.25) is 0 Å². The Kier molecular flexibility index (Phi) is 3.37. The molecule has 106 valence electrons. The summed E-state index contributed by atoms with van der Waals surface area (Å²) in [6, 6.07) is -0.221. The largest absolute Gasteiger partial charge is 0.309 e. The first kappa shape index (κ1) is 13.1. The number of nitrogens with one attached hydrogen (secondary N) is 2. The molecule has 4 rings (SSSR count). The van der Waals surface area contributed by atoms with Gasteiger partial charge in [-0.2, -0.15) is 0 Å². The lowest BCUT2D eigenvalue weighted by Crippen LogP contribution is -2.51. The second kappa shape index (κ2) is 4.89. The van der Waals surface area contributed by atoms with Crippen molar-refractivity contribution in [2.24, 2.45) is 23.2 Å². The second-order valence-electron chi connectivity index (χ2n) is 7.09. The first-order chi connectivity index (χ1) is 9.14. The van der Waals surface area contributed by atoms with E-state index in [2.05, 4.69) is 10.6 Å². The van der Waals surface area contributed by atoms with Crippen LogP contribution in [0.4, 0.5) is 0 Å². The fourth-order valence-electron chi connectivity index (χ4n) is 5.46. The fraction of sp³-hybridized carbons (Fsp3) is 0.867. The number of carbonyl (C=O) groups is 2. The van der Waals surface area contributed by atoms with E-state index in [1.807, 2.05) is 7.05 Å². The standard InChI is InChI=1S/C15H24N2O2/c1-16-13(14(19)17-9-18)8-15-5-10-2-11(6-15)4-12(3-10)7-15/h9-13,16H,2-8H2,1H3,(H,17,18,19). The molecule has 0 radical (unpaired) electrons. The van der Waals surface area contributed by atoms with Crippen molar-refractivity contribution in [3.05, 3.63) is 0 Å². The zero-order valence-corrected chi connectivity index (χ0v) is 11.7. The quantitative estimate of drug-likeness (QED) is 0.739. The molecule has 0 aromatic heterocycles. The van der Waals surface area contributed by atoms with Crippen molar-refractivity contribution in [2.45, 2.75) is 51.0 Å². The molecular weight excluding hydrogens is 240 g/mol. The summed E-state index contributed by atoms with van der Waals surface area (Å²) >= 11 is 0. The maximum Gasteiger partial charge on any atom is 0.243 e.